The van der Waals surface area contributed by atoms with Crippen LogP contribution in [0.3, 0.4) is 0 Å². The summed E-state index contributed by atoms with van der Waals surface area (Å²) >= 11 is 0. The van der Waals surface area contributed by atoms with Gasteiger partial charge in [-0.15, -0.1) is 0 Å². The van der Waals surface area contributed by atoms with Gasteiger partial charge in [0, 0.05) is 45.6 Å². The second-order valence-corrected chi connectivity index (χ2v) is 10.9. The fraction of sp³-hybridized carbons (Fsp3) is 0.419. The molecule has 9 heteroatoms. The van der Waals surface area contributed by atoms with Crippen LogP contribution in [0.5, 0.6) is 5.75 Å². The summed E-state index contributed by atoms with van der Waals surface area (Å²) in [6.07, 6.45) is 4.12. The number of carbonyl (C=O) groups is 3. The van der Waals surface area contributed by atoms with Crippen LogP contribution in [-0.4, -0.2) is 70.1 Å². The molecule has 3 aromatic rings. The molecule has 0 radical (unpaired) electrons. The molecule has 3 aliphatic rings. The number of rotatable bonds is 6. The average Bonchev–Trinajstić information content (AvgIpc) is 3.72. The smallest absolute Gasteiger partial charge is 0.275 e. The van der Waals surface area contributed by atoms with Crippen molar-refractivity contribution in [2.24, 2.45) is 5.92 Å². The Morgan fingerprint density at radius 1 is 0.975 bits per heavy atom. The number of nitrogens with zero attached hydrogens (tertiary/aromatic N) is 4. The fourth-order valence-electron chi connectivity index (χ4n) is 5.60. The third kappa shape index (κ3) is 5.33. The Morgan fingerprint density at radius 3 is 2.40 bits per heavy atom. The molecule has 1 saturated carbocycles. The number of carbonyl (C=O) groups excluding carboxylic acids is 3. The van der Waals surface area contributed by atoms with E-state index >= 15 is 0 Å². The summed E-state index contributed by atoms with van der Waals surface area (Å²) in [6, 6.07) is 14.3. The minimum atomic E-state index is -0.214. The van der Waals surface area contributed by atoms with E-state index in [-0.39, 0.29) is 42.0 Å². The van der Waals surface area contributed by atoms with Crippen LogP contribution >= 0.6 is 0 Å². The SMILES string of the molecule is CC(=O)N1CCN(C(=O)c2coc(COc3ccc4c(c3)[C@H](c3ccc(C)cc3)N(C(=O)C3CC3)CC4)n2)CC1. The first-order chi connectivity index (χ1) is 19.4. The Bertz CT molecular complexity index is 1420. The third-order valence-corrected chi connectivity index (χ3v) is 8.09. The Kier molecular flexibility index (Phi) is 7.04. The maximum Gasteiger partial charge on any atom is 0.275 e. The lowest BCUT2D eigenvalue weighted by atomic mass is 9.87. The first kappa shape index (κ1) is 26.1. The van der Waals surface area contributed by atoms with Crippen LogP contribution in [0.15, 0.2) is 53.1 Å². The highest BCUT2D eigenvalue weighted by atomic mass is 16.5. The van der Waals surface area contributed by atoms with Crippen molar-refractivity contribution in [3.8, 4) is 5.75 Å². The maximum atomic E-state index is 13.3. The van der Waals surface area contributed by atoms with E-state index < -0.39 is 0 Å². The monoisotopic (exact) mass is 542 g/mol. The number of piperazine rings is 1. The van der Waals surface area contributed by atoms with Gasteiger partial charge in [-0.25, -0.2) is 4.98 Å². The van der Waals surface area contributed by atoms with Crippen LogP contribution in [0.4, 0.5) is 0 Å². The standard InChI is InChI=1S/C31H34N4O5/c1-20-3-5-23(6-4-20)29-26-17-25(10-9-22(26)11-12-35(29)30(37)24-7-8-24)39-19-28-32-27(18-40-28)31(38)34-15-13-33(14-16-34)21(2)36/h3-6,9-10,17-18,24,29H,7-8,11-16,19H2,1-2H3/t29-/m0/s1. The zero-order chi connectivity index (χ0) is 27.8. The molecule has 1 saturated heterocycles. The second-order valence-electron chi connectivity index (χ2n) is 10.9. The molecule has 208 valence electrons. The molecular weight excluding hydrogens is 508 g/mol. The zero-order valence-electron chi connectivity index (χ0n) is 23.0. The molecule has 3 amide bonds. The molecule has 40 heavy (non-hydrogen) atoms. The van der Waals surface area contributed by atoms with Gasteiger partial charge in [-0.1, -0.05) is 35.9 Å². The van der Waals surface area contributed by atoms with Crippen LogP contribution in [0.1, 0.15) is 64.4 Å². The Morgan fingerprint density at radius 2 is 1.70 bits per heavy atom. The van der Waals surface area contributed by atoms with Crippen LogP contribution in [0.2, 0.25) is 0 Å². The molecular formula is C31H34N4O5. The van der Waals surface area contributed by atoms with Crippen molar-refractivity contribution in [3.05, 3.63) is 82.6 Å². The fourth-order valence-corrected chi connectivity index (χ4v) is 5.60. The van der Waals surface area contributed by atoms with E-state index in [0.29, 0.717) is 44.4 Å². The lowest BCUT2D eigenvalue weighted by Crippen LogP contribution is -2.50. The van der Waals surface area contributed by atoms with Crippen molar-refractivity contribution in [2.45, 2.75) is 45.8 Å². The highest BCUT2D eigenvalue weighted by Gasteiger charge is 2.39. The van der Waals surface area contributed by atoms with E-state index in [2.05, 4.69) is 42.2 Å². The van der Waals surface area contributed by atoms with Gasteiger partial charge in [-0.05, 0) is 55.0 Å². The number of fused-ring (bicyclic) bond motifs is 1. The largest absolute Gasteiger partial charge is 0.484 e. The molecule has 2 fully saturated rings. The van der Waals surface area contributed by atoms with Crippen molar-refractivity contribution in [1.82, 2.24) is 19.7 Å². The summed E-state index contributed by atoms with van der Waals surface area (Å²) in [5, 5.41) is 0. The first-order valence-electron chi connectivity index (χ1n) is 14.0. The number of ether oxygens (including phenoxy) is 1. The molecule has 3 heterocycles. The van der Waals surface area contributed by atoms with Crippen LogP contribution in [0, 0.1) is 12.8 Å². The predicted molar refractivity (Wildman–Crippen MR) is 147 cm³/mol. The molecule has 2 aromatic carbocycles. The van der Waals surface area contributed by atoms with Gasteiger partial charge in [0.2, 0.25) is 17.7 Å². The Hall–Kier alpha value is -4.14. The predicted octanol–water partition coefficient (Wildman–Crippen LogP) is 3.75. The summed E-state index contributed by atoms with van der Waals surface area (Å²) in [5.41, 5.74) is 4.80. The Balaban J connectivity index is 1.16. The van der Waals surface area contributed by atoms with Gasteiger partial charge in [-0.2, -0.15) is 0 Å². The molecule has 6 rings (SSSR count). The van der Waals surface area contributed by atoms with Crippen LogP contribution < -0.4 is 4.74 Å². The number of hydrogen-bond donors (Lipinski definition) is 0. The molecule has 0 N–H and O–H groups in total. The summed E-state index contributed by atoms with van der Waals surface area (Å²) in [6.45, 7) is 6.34. The van der Waals surface area contributed by atoms with Gasteiger partial charge < -0.3 is 23.9 Å². The summed E-state index contributed by atoms with van der Waals surface area (Å²) in [7, 11) is 0. The van der Waals surface area contributed by atoms with Crippen molar-refractivity contribution in [2.75, 3.05) is 32.7 Å². The lowest BCUT2D eigenvalue weighted by molar-refractivity contribution is -0.134. The third-order valence-electron chi connectivity index (χ3n) is 8.09. The number of amides is 3. The van der Waals surface area contributed by atoms with Crippen molar-refractivity contribution < 1.29 is 23.5 Å². The number of oxazole rings is 1. The lowest BCUT2D eigenvalue weighted by Gasteiger charge is -2.38. The molecule has 1 atom stereocenters. The summed E-state index contributed by atoms with van der Waals surface area (Å²) in [4.78, 5) is 47.5. The topological polar surface area (TPSA) is 96.2 Å². The molecule has 1 aromatic heterocycles. The average molecular weight is 543 g/mol. The van der Waals surface area contributed by atoms with Crippen LogP contribution in [0.25, 0.3) is 0 Å². The minimum absolute atomic E-state index is 0.0163. The van der Waals surface area contributed by atoms with Crippen molar-refractivity contribution in [1.29, 1.82) is 0 Å². The highest BCUT2D eigenvalue weighted by Crippen LogP contribution is 2.41. The number of hydrogen-bond acceptors (Lipinski definition) is 6. The molecule has 1 aliphatic carbocycles. The van der Waals surface area contributed by atoms with E-state index in [1.807, 2.05) is 17.0 Å². The number of benzene rings is 2. The van der Waals surface area contributed by atoms with Crippen LogP contribution in [-0.2, 0) is 22.6 Å². The van der Waals surface area contributed by atoms with Gasteiger partial charge >= 0.3 is 0 Å². The highest BCUT2D eigenvalue weighted by molar-refractivity contribution is 5.92. The minimum Gasteiger partial charge on any atom is -0.484 e. The Labute approximate surface area is 233 Å². The van der Waals surface area contributed by atoms with E-state index in [9.17, 15) is 14.4 Å². The summed E-state index contributed by atoms with van der Waals surface area (Å²) < 4.78 is 11.6. The van der Waals surface area contributed by atoms with Crippen molar-refractivity contribution >= 4 is 17.7 Å². The zero-order valence-corrected chi connectivity index (χ0v) is 23.0. The normalized spacial score (nSPS) is 18.9. The van der Waals surface area contributed by atoms with E-state index in [0.717, 1.165) is 30.4 Å². The van der Waals surface area contributed by atoms with Gasteiger partial charge in [0.25, 0.3) is 5.91 Å². The molecule has 2 aliphatic heterocycles. The van der Waals surface area contributed by atoms with Gasteiger partial charge in [0.05, 0.1) is 6.04 Å². The van der Waals surface area contributed by atoms with Gasteiger partial charge in [-0.3, -0.25) is 14.4 Å². The van der Waals surface area contributed by atoms with Crippen molar-refractivity contribution in [3.63, 3.8) is 0 Å². The second kappa shape index (κ2) is 10.8. The summed E-state index contributed by atoms with van der Waals surface area (Å²) in [5.74, 6) is 1.15. The maximum absolute atomic E-state index is 13.3. The quantitative estimate of drug-likeness (QED) is 0.471. The molecule has 0 spiro atoms. The molecule has 0 unspecified atom stereocenters. The number of aryl methyl sites for hydroxylation is 1. The molecule has 0 bridgehead atoms. The van der Waals surface area contributed by atoms with E-state index in [4.69, 9.17) is 9.15 Å². The van der Waals surface area contributed by atoms with E-state index in [1.54, 1.807) is 9.80 Å². The van der Waals surface area contributed by atoms with Gasteiger partial charge in [0.15, 0.2) is 12.3 Å². The number of aromatic nitrogens is 1. The van der Waals surface area contributed by atoms with E-state index in [1.165, 1.54) is 24.3 Å². The molecule has 9 nitrogen and oxygen atoms in total. The van der Waals surface area contributed by atoms with Gasteiger partial charge in [0.1, 0.15) is 12.0 Å². The first-order valence-corrected chi connectivity index (χ1v) is 14.0.